The monoisotopic (exact) mass is 374 g/mol. The van der Waals surface area contributed by atoms with E-state index in [1.54, 1.807) is 4.90 Å². The minimum Gasteiger partial charge on any atom is -0.341 e. The second-order valence-corrected chi connectivity index (χ2v) is 9.31. The third-order valence-electron chi connectivity index (χ3n) is 5.49. The quantitative estimate of drug-likeness (QED) is 0.805. The first-order valence-corrected chi connectivity index (χ1v) is 10.2. The second-order valence-electron chi connectivity index (χ2n) is 8.58. The lowest BCUT2D eigenvalue weighted by Crippen LogP contribution is -2.49. The molecule has 0 aliphatic carbocycles. The normalized spacial score (nSPS) is 24.0. The van der Waals surface area contributed by atoms with E-state index in [2.05, 4.69) is 33.4 Å². The first kappa shape index (κ1) is 19.3. The number of piperidine rings is 1. The summed E-state index contributed by atoms with van der Waals surface area (Å²) in [6.45, 7) is 8.63. The van der Waals surface area contributed by atoms with Gasteiger partial charge < -0.3 is 9.80 Å². The number of carbonyl (C=O) groups excluding carboxylic acids is 2. The highest BCUT2D eigenvalue weighted by atomic mass is 32.1. The van der Waals surface area contributed by atoms with Gasteiger partial charge in [-0.3, -0.25) is 9.59 Å². The molecule has 2 aliphatic heterocycles. The highest BCUT2D eigenvalue weighted by molar-refractivity contribution is 7.81. The summed E-state index contributed by atoms with van der Waals surface area (Å²) in [5.41, 5.74) is 1.90. The van der Waals surface area contributed by atoms with Crippen LogP contribution in [-0.4, -0.2) is 52.5 Å². The maximum atomic E-state index is 13.1. The van der Waals surface area contributed by atoms with E-state index in [4.69, 9.17) is 0 Å². The van der Waals surface area contributed by atoms with Crippen molar-refractivity contribution in [3.05, 3.63) is 35.4 Å². The molecule has 4 nitrogen and oxygen atoms in total. The minimum atomic E-state index is -0.370. The molecule has 1 aromatic carbocycles. The summed E-state index contributed by atoms with van der Waals surface area (Å²) < 4.78 is 0. The topological polar surface area (TPSA) is 40.6 Å². The van der Waals surface area contributed by atoms with Gasteiger partial charge in [0, 0.05) is 30.4 Å². The summed E-state index contributed by atoms with van der Waals surface area (Å²) in [5, 5.41) is 0.0616. The third kappa shape index (κ3) is 4.08. The lowest BCUT2D eigenvalue weighted by Gasteiger charge is -2.32. The van der Waals surface area contributed by atoms with E-state index in [1.807, 2.05) is 29.2 Å². The molecule has 0 unspecified atom stereocenters. The predicted molar refractivity (Wildman–Crippen MR) is 108 cm³/mol. The van der Waals surface area contributed by atoms with Crippen LogP contribution < -0.4 is 0 Å². The van der Waals surface area contributed by atoms with Crippen molar-refractivity contribution in [1.82, 2.24) is 9.80 Å². The molecule has 1 aromatic rings. The first-order valence-electron chi connectivity index (χ1n) is 9.66. The Morgan fingerprint density at radius 3 is 2.23 bits per heavy atom. The van der Waals surface area contributed by atoms with Crippen molar-refractivity contribution in [2.45, 2.75) is 63.2 Å². The van der Waals surface area contributed by atoms with Gasteiger partial charge in [-0.2, -0.15) is 12.6 Å². The van der Waals surface area contributed by atoms with Gasteiger partial charge in [-0.15, -0.1) is 0 Å². The van der Waals surface area contributed by atoms with Crippen molar-refractivity contribution in [2.75, 3.05) is 19.6 Å². The standard InChI is InChI=1S/C21H30N2O2S/c1-21(2,3)16-9-7-15(8-10-16)19(24)23-14-17(26)13-18(23)20(25)22-11-5-4-6-12-22/h7-10,17-18,26H,4-6,11-14H2,1-3H3/t17-,18-/m0/s1. The molecule has 0 spiro atoms. The number of hydrogen-bond acceptors (Lipinski definition) is 3. The van der Waals surface area contributed by atoms with Gasteiger partial charge in [0.15, 0.2) is 0 Å². The molecule has 2 atom stereocenters. The van der Waals surface area contributed by atoms with Crippen LogP contribution in [0.4, 0.5) is 0 Å². The smallest absolute Gasteiger partial charge is 0.254 e. The molecule has 26 heavy (non-hydrogen) atoms. The number of rotatable bonds is 2. The van der Waals surface area contributed by atoms with Gasteiger partial charge in [0.05, 0.1) is 0 Å². The zero-order chi connectivity index (χ0) is 18.9. The van der Waals surface area contributed by atoms with Gasteiger partial charge in [-0.25, -0.2) is 0 Å². The van der Waals surface area contributed by atoms with Crippen molar-refractivity contribution in [3.63, 3.8) is 0 Å². The largest absolute Gasteiger partial charge is 0.341 e. The Hall–Kier alpha value is -1.49. The van der Waals surface area contributed by atoms with Gasteiger partial charge >= 0.3 is 0 Å². The molecule has 2 heterocycles. The summed E-state index contributed by atoms with van der Waals surface area (Å²) in [6, 6.07) is 7.44. The fourth-order valence-corrected chi connectivity index (χ4v) is 4.25. The summed E-state index contributed by atoms with van der Waals surface area (Å²) in [6.07, 6.45) is 3.95. The number of benzene rings is 1. The van der Waals surface area contributed by atoms with Crippen LogP contribution in [0.2, 0.25) is 0 Å². The molecule has 2 fully saturated rings. The first-order chi connectivity index (χ1) is 12.3. The van der Waals surface area contributed by atoms with Gasteiger partial charge in [0.25, 0.3) is 5.91 Å². The van der Waals surface area contributed by atoms with Crippen LogP contribution in [-0.2, 0) is 10.2 Å². The summed E-state index contributed by atoms with van der Waals surface area (Å²) >= 11 is 4.57. The number of carbonyl (C=O) groups is 2. The molecule has 2 saturated heterocycles. The van der Waals surface area contributed by atoms with Crippen LogP contribution in [0.3, 0.4) is 0 Å². The lowest BCUT2D eigenvalue weighted by atomic mass is 9.86. The Kier molecular flexibility index (Phi) is 5.66. The van der Waals surface area contributed by atoms with Gasteiger partial charge in [0.1, 0.15) is 6.04 Å². The number of likely N-dealkylation sites (tertiary alicyclic amines) is 2. The summed E-state index contributed by atoms with van der Waals surface area (Å²) in [5.74, 6) is 0.0401. The fraction of sp³-hybridized carbons (Fsp3) is 0.619. The molecule has 142 valence electrons. The summed E-state index contributed by atoms with van der Waals surface area (Å²) in [7, 11) is 0. The van der Waals surface area contributed by atoms with Crippen LogP contribution in [0.25, 0.3) is 0 Å². The van der Waals surface area contributed by atoms with E-state index >= 15 is 0 Å². The van der Waals surface area contributed by atoms with Crippen molar-refractivity contribution < 1.29 is 9.59 Å². The zero-order valence-corrected chi connectivity index (χ0v) is 17.0. The number of amides is 2. The van der Waals surface area contributed by atoms with E-state index in [9.17, 15) is 9.59 Å². The van der Waals surface area contributed by atoms with Gasteiger partial charge in [-0.05, 0) is 48.8 Å². The van der Waals surface area contributed by atoms with E-state index in [0.29, 0.717) is 18.5 Å². The van der Waals surface area contributed by atoms with Gasteiger partial charge in [0.2, 0.25) is 5.91 Å². The fourth-order valence-electron chi connectivity index (χ4n) is 3.88. The highest BCUT2D eigenvalue weighted by Crippen LogP contribution is 2.28. The Labute approximate surface area is 162 Å². The Bertz CT molecular complexity index is 660. The second kappa shape index (κ2) is 7.63. The van der Waals surface area contributed by atoms with E-state index in [1.165, 1.54) is 12.0 Å². The molecule has 2 amide bonds. The highest BCUT2D eigenvalue weighted by Gasteiger charge is 2.40. The molecule has 0 saturated carbocycles. The third-order valence-corrected chi connectivity index (χ3v) is 5.86. The molecule has 3 rings (SSSR count). The lowest BCUT2D eigenvalue weighted by molar-refractivity contribution is -0.136. The van der Waals surface area contributed by atoms with Crippen LogP contribution in [0, 0.1) is 0 Å². The predicted octanol–water partition coefficient (Wildman–Crippen LogP) is 3.51. The van der Waals surface area contributed by atoms with Crippen LogP contribution in [0.15, 0.2) is 24.3 Å². The zero-order valence-electron chi connectivity index (χ0n) is 16.1. The van der Waals surface area contributed by atoms with E-state index < -0.39 is 0 Å². The molecule has 0 aromatic heterocycles. The Balaban J connectivity index is 1.77. The molecule has 0 radical (unpaired) electrons. The van der Waals surface area contributed by atoms with Crippen LogP contribution in [0.1, 0.15) is 62.4 Å². The molecule has 2 aliphatic rings. The number of thiol groups is 1. The molecular formula is C21H30N2O2S. The van der Waals surface area contributed by atoms with Crippen molar-refractivity contribution in [3.8, 4) is 0 Å². The van der Waals surface area contributed by atoms with E-state index in [0.717, 1.165) is 25.9 Å². The number of hydrogen-bond donors (Lipinski definition) is 1. The van der Waals surface area contributed by atoms with Crippen molar-refractivity contribution in [2.24, 2.45) is 0 Å². The van der Waals surface area contributed by atoms with Crippen LogP contribution >= 0.6 is 12.6 Å². The Morgan fingerprint density at radius 1 is 1.04 bits per heavy atom. The van der Waals surface area contributed by atoms with E-state index in [-0.39, 0.29) is 28.5 Å². The maximum absolute atomic E-state index is 13.1. The average molecular weight is 375 g/mol. The maximum Gasteiger partial charge on any atom is 0.254 e. The molecule has 5 heteroatoms. The van der Waals surface area contributed by atoms with Crippen molar-refractivity contribution >= 4 is 24.4 Å². The number of nitrogens with zero attached hydrogens (tertiary/aromatic N) is 2. The van der Waals surface area contributed by atoms with Gasteiger partial charge in [-0.1, -0.05) is 32.9 Å². The van der Waals surface area contributed by atoms with Crippen molar-refractivity contribution in [1.29, 1.82) is 0 Å². The molecule has 0 N–H and O–H groups in total. The summed E-state index contributed by atoms with van der Waals surface area (Å²) in [4.78, 5) is 29.7. The Morgan fingerprint density at radius 2 is 1.65 bits per heavy atom. The SMILES string of the molecule is CC(C)(C)c1ccc(C(=O)N2C[C@@H](S)C[C@H]2C(=O)N2CCCCC2)cc1. The van der Waals surface area contributed by atoms with Crippen LogP contribution in [0.5, 0.6) is 0 Å². The average Bonchev–Trinajstić information content (AvgIpc) is 3.02. The molecule has 0 bridgehead atoms. The molecular weight excluding hydrogens is 344 g/mol. The minimum absolute atomic E-state index is 0.0537.